The highest BCUT2D eigenvalue weighted by Gasteiger charge is 2.21. The molecule has 0 spiro atoms. The quantitative estimate of drug-likeness (QED) is 0.869. The third-order valence-corrected chi connectivity index (χ3v) is 3.84. The lowest BCUT2D eigenvalue weighted by Gasteiger charge is -2.09. The molecule has 1 fully saturated rings. The molecule has 1 heterocycles. The van der Waals surface area contributed by atoms with Crippen LogP contribution < -0.4 is 10.1 Å². The van der Waals surface area contributed by atoms with Gasteiger partial charge in [0.15, 0.2) is 0 Å². The molecule has 0 unspecified atom stereocenters. The SMILES string of the molecule is Cc1ccc(OCc2ccoc2CNC2CC2)cc1C. The zero-order valence-electron chi connectivity index (χ0n) is 12.1. The van der Waals surface area contributed by atoms with Crippen LogP contribution in [0.4, 0.5) is 0 Å². The summed E-state index contributed by atoms with van der Waals surface area (Å²) in [5, 5.41) is 3.46. The number of benzene rings is 1. The van der Waals surface area contributed by atoms with Gasteiger partial charge in [-0.05, 0) is 56.0 Å². The Morgan fingerprint density at radius 2 is 2.05 bits per heavy atom. The first-order valence-corrected chi connectivity index (χ1v) is 7.21. The molecule has 20 heavy (non-hydrogen) atoms. The van der Waals surface area contributed by atoms with Crippen LogP contribution in [-0.4, -0.2) is 6.04 Å². The van der Waals surface area contributed by atoms with Crippen LogP contribution in [0.3, 0.4) is 0 Å². The summed E-state index contributed by atoms with van der Waals surface area (Å²) in [6, 6.07) is 8.87. The van der Waals surface area contributed by atoms with E-state index in [1.54, 1.807) is 6.26 Å². The minimum Gasteiger partial charge on any atom is -0.489 e. The molecule has 1 aliphatic carbocycles. The van der Waals surface area contributed by atoms with Crippen LogP contribution >= 0.6 is 0 Å². The number of ether oxygens (including phenoxy) is 1. The summed E-state index contributed by atoms with van der Waals surface area (Å²) in [5.41, 5.74) is 3.66. The van der Waals surface area contributed by atoms with Crippen molar-refractivity contribution in [2.24, 2.45) is 0 Å². The van der Waals surface area contributed by atoms with Gasteiger partial charge in [-0.25, -0.2) is 0 Å². The van der Waals surface area contributed by atoms with Gasteiger partial charge in [0.05, 0.1) is 12.8 Å². The van der Waals surface area contributed by atoms with Crippen molar-refractivity contribution in [1.29, 1.82) is 0 Å². The monoisotopic (exact) mass is 271 g/mol. The van der Waals surface area contributed by atoms with Gasteiger partial charge in [0.1, 0.15) is 18.1 Å². The molecule has 0 amide bonds. The molecule has 106 valence electrons. The number of rotatable bonds is 6. The molecule has 1 aliphatic rings. The van der Waals surface area contributed by atoms with Gasteiger partial charge in [-0.2, -0.15) is 0 Å². The first-order chi connectivity index (χ1) is 9.72. The Balaban J connectivity index is 1.59. The van der Waals surface area contributed by atoms with Crippen molar-refractivity contribution in [1.82, 2.24) is 5.32 Å². The largest absolute Gasteiger partial charge is 0.489 e. The minimum absolute atomic E-state index is 0.556. The number of hydrogen-bond acceptors (Lipinski definition) is 3. The summed E-state index contributed by atoms with van der Waals surface area (Å²) in [6.07, 6.45) is 4.31. The smallest absolute Gasteiger partial charge is 0.124 e. The highest BCUT2D eigenvalue weighted by Crippen LogP contribution is 2.22. The molecular weight excluding hydrogens is 250 g/mol. The minimum atomic E-state index is 0.556. The highest BCUT2D eigenvalue weighted by atomic mass is 16.5. The summed E-state index contributed by atoms with van der Waals surface area (Å²) < 4.78 is 11.4. The lowest BCUT2D eigenvalue weighted by Crippen LogP contribution is -2.16. The van der Waals surface area contributed by atoms with Crippen LogP contribution in [0, 0.1) is 13.8 Å². The fraction of sp³-hybridized carbons (Fsp3) is 0.412. The fourth-order valence-electron chi connectivity index (χ4n) is 2.14. The third kappa shape index (κ3) is 3.23. The van der Waals surface area contributed by atoms with E-state index in [2.05, 4.69) is 31.3 Å². The molecule has 1 aromatic heterocycles. The molecular formula is C17H21NO2. The van der Waals surface area contributed by atoms with Gasteiger partial charge in [-0.3, -0.25) is 0 Å². The Morgan fingerprint density at radius 1 is 1.20 bits per heavy atom. The maximum atomic E-state index is 5.86. The normalized spacial score (nSPS) is 14.5. The predicted molar refractivity (Wildman–Crippen MR) is 78.8 cm³/mol. The van der Waals surface area contributed by atoms with E-state index in [-0.39, 0.29) is 0 Å². The summed E-state index contributed by atoms with van der Waals surface area (Å²) in [7, 11) is 0. The Bertz CT molecular complexity index is 584. The van der Waals surface area contributed by atoms with E-state index >= 15 is 0 Å². The van der Waals surface area contributed by atoms with Crippen molar-refractivity contribution in [2.45, 2.75) is 45.9 Å². The van der Waals surface area contributed by atoms with E-state index in [4.69, 9.17) is 9.15 Å². The maximum absolute atomic E-state index is 5.86. The molecule has 2 aromatic rings. The van der Waals surface area contributed by atoms with Crippen molar-refractivity contribution in [3.05, 3.63) is 53.0 Å². The Hall–Kier alpha value is -1.74. The van der Waals surface area contributed by atoms with Gasteiger partial charge in [0.25, 0.3) is 0 Å². The Morgan fingerprint density at radius 3 is 2.80 bits per heavy atom. The van der Waals surface area contributed by atoms with Gasteiger partial charge in [0, 0.05) is 11.6 Å². The average molecular weight is 271 g/mol. The van der Waals surface area contributed by atoms with Crippen molar-refractivity contribution in [3.63, 3.8) is 0 Å². The summed E-state index contributed by atoms with van der Waals surface area (Å²) >= 11 is 0. The molecule has 0 saturated heterocycles. The molecule has 0 radical (unpaired) electrons. The number of nitrogens with one attached hydrogen (secondary N) is 1. The van der Waals surface area contributed by atoms with Gasteiger partial charge in [0.2, 0.25) is 0 Å². The molecule has 1 N–H and O–H groups in total. The Kier molecular flexibility index (Phi) is 3.79. The van der Waals surface area contributed by atoms with Crippen molar-refractivity contribution in [2.75, 3.05) is 0 Å². The van der Waals surface area contributed by atoms with Gasteiger partial charge < -0.3 is 14.5 Å². The molecule has 3 nitrogen and oxygen atoms in total. The standard InChI is InChI=1S/C17H21NO2/c1-12-3-6-16(9-13(12)2)20-11-14-7-8-19-17(14)10-18-15-4-5-15/h3,6-9,15,18H,4-5,10-11H2,1-2H3. The van der Waals surface area contributed by atoms with Crippen LogP contribution in [0.5, 0.6) is 5.75 Å². The number of furan rings is 1. The maximum Gasteiger partial charge on any atom is 0.124 e. The molecule has 3 heteroatoms. The topological polar surface area (TPSA) is 34.4 Å². The van der Waals surface area contributed by atoms with Crippen LogP contribution in [0.15, 0.2) is 34.9 Å². The average Bonchev–Trinajstić information content (AvgIpc) is 3.16. The van der Waals surface area contributed by atoms with Crippen LogP contribution in [0.2, 0.25) is 0 Å². The zero-order valence-corrected chi connectivity index (χ0v) is 12.1. The molecule has 0 aliphatic heterocycles. The van der Waals surface area contributed by atoms with Crippen LogP contribution in [0.25, 0.3) is 0 Å². The number of aryl methyl sites for hydroxylation is 2. The van der Waals surface area contributed by atoms with Crippen molar-refractivity contribution in [3.8, 4) is 5.75 Å². The predicted octanol–water partition coefficient (Wildman–Crippen LogP) is 3.73. The van der Waals surface area contributed by atoms with E-state index in [9.17, 15) is 0 Å². The molecule has 0 bridgehead atoms. The fourth-order valence-corrected chi connectivity index (χ4v) is 2.14. The van der Waals surface area contributed by atoms with E-state index in [0.717, 1.165) is 23.6 Å². The second-order valence-corrected chi connectivity index (χ2v) is 5.56. The summed E-state index contributed by atoms with van der Waals surface area (Å²) in [6.45, 7) is 5.56. The zero-order chi connectivity index (χ0) is 13.9. The van der Waals surface area contributed by atoms with E-state index in [0.29, 0.717) is 12.6 Å². The molecule has 1 saturated carbocycles. The number of hydrogen-bond donors (Lipinski definition) is 1. The second-order valence-electron chi connectivity index (χ2n) is 5.56. The van der Waals surface area contributed by atoms with E-state index in [1.165, 1.54) is 24.0 Å². The molecule has 0 atom stereocenters. The van der Waals surface area contributed by atoms with E-state index < -0.39 is 0 Å². The van der Waals surface area contributed by atoms with Gasteiger partial charge >= 0.3 is 0 Å². The molecule has 1 aromatic carbocycles. The van der Waals surface area contributed by atoms with Crippen LogP contribution in [0.1, 0.15) is 35.3 Å². The van der Waals surface area contributed by atoms with E-state index in [1.807, 2.05) is 12.1 Å². The van der Waals surface area contributed by atoms with Gasteiger partial charge in [-0.15, -0.1) is 0 Å². The third-order valence-electron chi connectivity index (χ3n) is 3.84. The second kappa shape index (κ2) is 5.71. The first kappa shape index (κ1) is 13.3. The summed E-state index contributed by atoms with van der Waals surface area (Å²) in [4.78, 5) is 0. The van der Waals surface area contributed by atoms with Crippen molar-refractivity contribution < 1.29 is 9.15 Å². The first-order valence-electron chi connectivity index (χ1n) is 7.21. The lowest BCUT2D eigenvalue weighted by molar-refractivity contribution is 0.301. The Labute approximate surface area is 119 Å². The van der Waals surface area contributed by atoms with Crippen LogP contribution in [-0.2, 0) is 13.2 Å². The summed E-state index contributed by atoms with van der Waals surface area (Å²) in [5.74, 6) is 1.90. The highest BCUT2D eigenvalue weighted by molar-refractivity contribution is 5.34. The van der Waals surface area contributed by atoms with Gasteiger partial charge in [-0.1, -0.05) is 6.07 Å². The molecule has 3 rings (SSSR count). The van der Waals surface area contributed by atoms with Crippen molar-refractivity contribution >= 4 is 0 Å². The lowest BCUT2D eigenvalue weighted by atomic mass is 10.1.